The number of aliphatic hydroxyl groups excluding tert-OH is 3. The van der Waals surface area contributed by atoms with Gasteiger partial charge >= 0.3 is 0 Å². The Bertz CT molecular complexity index is 1580. The lowest BCUT2D eigenvalue weighted by atomic mass is 9.55. The zero-order valence-corrected chi connectivity index (χ0v) is 22.5. The molecule has 1 aromatic carbocycles. The molecule has 1 saturated carbocycles. The lowest BCUT2D eigenvalue weighted by molar-refractivity contribution is -0.166. The van der Waals surface area contributed by atoms with E-state index in [1.54, 1.807) is 12.1 Å². The lowest BCUT2D eigenvalue weighted by Crippen LogP contribution is -2.70. The highest BCUT2D eigenvalue weighted by molar-refractivity contribution is 6.25. The Balaban J connectivity index is 0.000000343. The van der Waals surface area contributed by atoms with E-state index in [1.165, 1.54) is 49.6 Å². The number of nitrogens with zero attached hydrogens (tertiary/aromatic N) is 2. The first-order valence-corrected chi connectivity index (χ1v) is 12.5. The van der Waals surface area contributed by atoms with E-state index in [0.29, 0.717) is 5.56 Å². The summed E-state index contributed by atoms with van der Waals surface area (Å²) in [7, 11) is 2.88. The molecule has 3 aliphatic carbocycles. The van der Waals surface area contributed by atoms with Crippen molar-refractivity contribution in [3.63, 3.8) is 0 Å². The van der Waals surface area contributed by atoms with Crippen LogP contribution in [-0.4, -0.2) is 90.6 Å². The van der Waals surface area contributed by atoms with Gasteiger partial charge in [0.15, 0.2) is 11.4 Å². The fourth-order valence-electron chi connectivity index (χ4n) is 5.80. The highest BCUT2D eigenvalue weighted by Crippen LogP contribution is 2.55. The van der Waals surface area contributed by atoms with Crippen molar-refractivity contribution in [2.24, 2.45) is 23.4 Å². The first-order valence-electron chi connectivity index (χ1n) is 12.5. The number of aliphatic hydroxyl groups is 4. The summed E-state index contributed by atoms with van der Waals surface area (Å²) >= 11 is 0. The molecule has 5 unspecified atom stereocenters. The van der Waals surface area contributed by atoms with Gasteiger partial charge in [0, 0.05) is 23.9 Å². The normalized spacial score (nSPS) is 26.6. The molecule has 5 atom stereocenters. The number of amides is 2. The molecule has 0 radical (unpaired) electrons. The number of fused-ring (bicyclic) bond motifs is 3. The molecule has 14 nitrogen and oxygen atoms in total. The average molecular weight is 580 g/mol. The van der Waals surface area contributed by atoms with Crippen molar-refractivity contribution in [3.05, 3.63) is 82.9 Å². The average Bonchev–Trinajstić information content (AvgIpc) is 2.95. The number of carbonyl (C=O) groups is 4. The Morgan fingerprint density at radius 2 is 1.71 bits per heavy atom. The maximum atomic E-state index is 13.6. The maximum absolute atomic E-state index is 13.6. The second kappa shape index (κ2) is 10.8. The van der Waals surface area contributed by atoms with E-state index in [4.69, 9.17) is 11.6 Å². The van der Waals surface area contributed by atoms with E-state index in [0.717, 1.165) is 0 Å². The van der Waals surface area contributed by atoms with E-state index in [-0.39, 0.29) is 28.4 Å². The zero-order chi connectivity index (χ0) is 31.3. The van der Waals surface area contributed by atoms with E-state index >= 15 is 0 Å². The smallest absolute Gasteiger partial charge is 0.265 e. The molecule has 14 heteroatoms. The quantitative estimate of drug-likeness (QED) is 0.0952. The van der Waals surface area contributed by atoms with Crippen LogP contribution in [0.15, 0.2) is 66.2 Å². The molecule has 10 N–H and O–H groups in total. The topological polar surface area (TPSA) is 250 Å². The van der Waals surface area contributed by atoms with Crippen molar-refractivity contribution in [1.29, 1.82) is 0 Å². The Kier molecular flexibility index (Phi) is 7.76. The predicted molar refractivity (Wildman–Crippen MR) is 147 cm³/mol. The van der Waals surface area contributed by atoms with Gasteiger partial charge in [-0.1, -0.05) is 18.7 Å². The van der Waals surface area contributed by atoms with Gasteiger partial charge in [-0.2, -0.15) is 0 Å². The molecule has 0 spiro atoms. The standard InChI is InChI=1S/C22H22N2O8.C6H7N3O/c1-7-8-5-4-6-9(25)11(8)16(26)12-10(7)17(27)14-15(24(2)3)18(28)13(21(23)31)20(30)22(14,32)19(12)29;7-9-6(10)5-1-3-8-4-2-5/h4-6,10,14-15,17,25-27,30,32H,1H2,2-3H3,(H2,23,31);1-4H,7H2,(H,9,10). The summed E-state index contributed by atoms with van der Waals surface area (Å²) < 4.78 is 0. The SMILES string of the molecule is C=C1c2cccc(O)c2C(O)=C2C(=O)C3(O)C(O)=C(C(N)=O)C(=O)C(N(C)C)C3C(O)C12.NNC(=O)c1ccncc1. The number of nitrogen functional groups attached to an aromatic ring is 1. The number of carbonyl (C=O) groups excluding carboxylic acids is 4. The van der Waals surface area contributed by atoms with E-state index in [2.05, 4.69) is 11.6 Å². The summed E-state index contributed by atoms with van der Waals surface area (Å²) in [6, 6.07) is 6.06. The van der Waals surface area contributed by atoms with Crippen LogP contribution in [0.1, 0.15) is 21.5 Å². The number of nitrogens with two attached hydrogens (primary N) is 2. The van der Waals surface area contributed by atoms with Gasteiger partial charge in [-0.3, -0.25) is 34.5 Å². The van der Waals surface area contributed by atoms with Crippen LogP contribution >= 0.6 is 0 Å². The number of hydrogen-bond acceptors (Lipinski definition) is 12. The number of benzene rings is 1. The molecular weight excluding hydrogens is 550 g/mol. The lowest BCUT2D eigenvalue weighted by Gasteiger charge is -2.52. The first kappa shape index (κ1) is 30.1. The minimum atomic E-state index is -2.94. The van der Waals surface area contributed by atoms with Crippen LogP contribution in [0, 0.1) is 11.8 Å². The molecule has 3 aliphatic rings. The summed E-state index contributed by atoms with van der Waals surface area (Å²) in [4.78, 5) is 54.3. The molecule has 2 aromatic rings. The Hall–Kier alpha value is -4.89. The molecular formula is C28H29N5O9. The van der Waals surface area contributed by atoms with Crippen LogP contribution in [0.2, 0.25) is 0 Å². The third-order valence-electron chi connectivity index (χ3n) is 7.68. The fourth-order valence-corrected chi connectivity index (χ4v) is 5.80. The second-order valence-corrected chi connectivity index (χ2v) is 10.1. The molecule has 42 heavy (non-hydrogen) atoms. The Morgan fingerprint density at radius 3 is 2.26 bits per heavy atom. The van der Waals surface area contributed by atoms with Crippen molar-refractivity contribution in [2.45, 2.75) is 17.7 Å². The number of hydrazine groups is 1. The Labute approximate surface area is 238 Å². The van der Waals surface area contributed by atoms with E-state index in [1.807, 2.05) is 5.43 Å². The van der Waals surface area contributed by atoms with Crippen molar-refractivity contribution in [2.75, 3.05) is 14.1 Å². The number of primary amides is 1. The molecule has 5 rings (SSSR count). The molecule has 2 amide bonds. The summed E-state index contributed by atoms with van der Waals surface area (Å²) in [6.45, 7) is 3.91. The molecule has 1 heterocycles. The van der Waals surface area contributed by atoms with Gasteiger partial charge < -0.3 is 31.3 Å². The van der Waals surface area contributed by atoms with E-state index in [9.17, 15) is 44.7 Å². The van der Waals surface area contributed by atoms with Crippen LogP contribution in [0.4, 0.5) is 0 Å². The molecule has 0 aliphatic heterocycles. The van der Waals surface area contributed by atoms with Crippen LogP contribution < -0.4 is 17.0 Å². The summed E-state index contributed by atoms with van der Waals surface area (Å²) in [5.41, 5.74) is 3.69. The highest BCUT2D eigenvalue weighted by Gasteiger charge is 2.68. The number of phenols is 1. The molecule has 0 bridgehead atoms. The minimum absolute atomic E-state index is 0.124. The number of rotatable bonds is 3. The second-order valence-electron chi connectivity index (χ2n) is 10.1. The number of hydrogen-bond donors (Lipinski definition) is 8. The van der Waals surface area contributed by atoms with Crippen LogP contribution in [0.3, 0.4) is 0 Å². The zero-order valence-electron chi connectivity index (χ0n) is 22.5. The Morgan fingerprint density at radius 1 is 1.10 bits per heavy atom. The molecule has 0 saturated heterocycles. The highest BCUT2D eigenvalue weighted by atomic mass is 16.4. The van der Waals surface area contributed by atoms with Gasteiger partial charge in [-0.15, -0.1) is 0 Å². The first-order chi connectivity index (χ1) is 19.7. The van der Waals surface area contributed by atoms with E-state index < -0.39 is 69.7 Å². The van der Waals surface area contributed by atoms with Gasteiger partial charge in [0.1, 0.15) is 22.8 Å². The number of aromatic hydroxyl groups is 1. The van der Waals surface area contributed by atoms with Crippen molar-refractivity contribution in [1.82, 2.24) is 15.3 Å². The van der Waals surface area contributed by atoms with Gasteiger partial charge in [0.05, 0.1) is 29.2 Å². The number of phenolic OH excluding ortho intramolecular Hbond substituents is 1. The number of aromatic nitrogens is 1. The number of nitrogens with one attached hydrogen (secondary N) is 1. The summed E-state index contributed by atoms with van der Waals surface area (Å²) in [6.07, 6.45) is 1.38. The van der Waals surface area contributed by atoms with Gasteiger partial charge in [0.25, 0.3) is 11.8 Å². The van der Waals surface area contributed by atoms with Gasteiger partial charge in [0.2, 0.25) is 5.78 Å². The number of Topliss-reactive ketones (excluding diaryl/α,β-unsaturated/α-hetero) is 2. The fraction of sp³-hybridized carbons (Fsp3) is 0.250. The molecule has 1 aromatic heterocycles. The largest absolute Gasteiger partial charge is 0.508 e. The predicted octanol–water partition coefficient (Wildman–Crippen LogP) is -0.909. The van der Waals surface area contributed by atoms with Crippen LogP contribution in [0.25, 0.3) is 11.3 Å². The van der Waals surface area contributed by atoms with Crippen molar-refractivity contribution in [3.8, 4) is 5.75 Å². The summed E-state index contributed by atoms with van der Waals surface area (Å²) in [5, 5.41) is 54.7. The number of ketones is 2. The summed E-state index contributed by atoms with van der Waals surface area (Å²) in [5.74, 6) is -4.20. The third-order valence-corrected chi connectivity index (χ3v) is 7.68. The maximum Gasteiger partial charge on any atom is 0.265 e. The van der Waals surface area contributed by atoms with Crippen LogP contribution in [0.5, 0.6) is 5.75 Å². The number of pyridine rings is 1. The third kappa shape index (κ3) is 4.33. The number of likely N-dealkylation sites (N-methyl/N-ethyl adjacent to an activating group) is 1. The van der Waals surface area contributed by atoms with Crippen molar-refractivity contribution >= 4 is 34.7 Å². The van der Waals surface area contributed by atoms with Gasteiger partial charge in [-0.25, -0.2) is 5.84 Å². The van der Waals surface area contributed by atoms with Gasteiger partial charge in [-0.05, 0) is 43.4 Å². The minimum Gasteiger partial charge on any atom is -0.508 e. The monoisotopic (exact) mass is 579 g/mol. The molecule has 1 fully saturated rings. The van der Waals surface area contributed by atoms with Crippen LogP contribution in [-0.2, 0) is 14.4 Å². The van der Waals surface area contributed by atoms with Crippen molar-refractivity contribution < 1.29 is 44.7 Å². The molecule has 220 valence electrons.